The zero-order chi connectivity index (χ0) is 18.4. The Bertz CT molecular complexity index is 722. The standard InChI is InChI=1S/C21H26N2O3/c1-26-14-13-22-9-11-23(12-10-22)21(25)19-7-5-18(6-8-19)20-4-2-3-17(15-20)16-24/h2-8,15,24H,9-14,16H2,1H3. The van der Waals surface area contributed by atoms with Gasteiger partial charge < -0.3 is 14.7 Å². The van der Waals surface area contributed by atoms with Crippen molar-refractivity contribution in [2.24, 2.45) is 0 Å². The van der Waals surface area contributed by atoms with Crippen molar-refractivity contribution in [3.8, 4) is 11.1 Å². The number of ether oxygens (including phenoxy) is 1. The maximum absolute atomic E-state index is 12.7. The molecule has 0 saturated carbocycles. The van der Waals surface area contributed by atoms with Gasteiger partial charge in [-0.15, -0.1) is 0 Å². The Balaban J connectivity index is 1.62. The van der Waals surface area contributed by atoms with Crippen LogP contribution in [-0.2, 0) is 11.3 Å². The molecule has 0 aliphatic carbocycles. The first-order valence-electron chi connectivity index (χ1n) is 9.02. The van der Waals surface area contributed by atoms with Gasteiger partial charge in [0.05, 0.1) is 13.2 Å². The fourth-order valence-corrected chi connectivity index (χ4v) is 3.23. The number of aliphatic hydroxyl groups is 1. The van der Waals surface area contributed by atoms with E-state index in [4.69, 9.17) is 4.74 Å². The van der Waals surface area contributed by atoms with E-state index >= 15 is 0 Å². The third-order valence-corrected chi connectivity index (χ3v) is 4.85. The van der Waals surface area contributed by atoms with Gasteiger partial charge in [0.2, 0.25) is 0 Å². The topological polar surface area (TPSA) is 53.0 Å². The highest BCUT2D eigenvalue weighted by Crippen LogP contribution is 2.22. The third-order valence-electron chi connectivity index (χ3n) is 4.85. The number of nitrogens with zero attached hydrogens (tertiary/aromatic N) is 2. The van der Waals surface area contributed by atoms with E-state index in [0.717, 1.165) is 61.6 Å². The highest BCUT2D eigenvalue weighted by Gasteiger charge is 2.21. The maximum Gasteiger partial charge on any atom is 0.253 e. The van der Waals surface area contributed by atoms with Gasteiger partial charge in [-0.1, -0.05) is 30.3 Å². The van der Waals surface area contributed by atoms with Gasteiger partial charge in [-0.3, -0.25) is 9.69 Å². The van der Waals surface area contributed by atoms with Crippen LogP contribution in [0, 0.1) is 0 Å². The summed E-state index contributed by atoms with van der Waals surface area (Å²) in [6, 6.07) is 15.5. The Morgan fingerprint density at radius 1 is 1.04 bits per heavy atom. The molecule has 0 unspecified atom stereocenters. The van der Waals surface area contributed by atoms with E-state index in [1.54, 1.807) is 7.11 Å². The van der Waals surface area contributed by atoms with Crippen molar-refractivity contribution >= 4 is 5.91 Å². The van der Waals surface area contributed by atoms with Crippen molar-refractivity contribution in [1.82, 2.24) is 9.80 Å². The van der Waals surface area contributed by atoms with Gasteiger partial charge in [0.1, 0.15) is 0 Å². The van der Waals surface area contributed by atoms with Gasteiger partial charge in [0.15, 0.2) is 0 Å². The molecule has 5 heteroatoms. The van der Waals surface area contributed by atoms with E-state index in [-0.39, 0.29) is 12.5 Å². The summed E-state index contributed by atoms with van der Waals surface area (Å²) in [6.45, 7) is 4.96. The minimum atomic E-state index is 0.0285. The average Bonchev–Trinajstić information content (AvgIpc) is 2.72. The molecule has 1 aliphatic heterocycles. The second-order valence-electron chi connectivity index (χ2n) is 6.56. The smallest absolute Gasteiger partial charge is 0.253 e. The predicted molar refractivity (Wildman–Crippen MR) is 102 cm³/mol. The molecule has 0 atom stereocenters. The van der Waals surface area contributed by atoms with Crippen LogP contribution in [0.4, 0.5) is 0 Å². The minimum absolute atomic E-state index is 0.0285. The van der Waals surface area contributed by atoms with Crippen LogP contribution >= 0.6 is 0 Å². The van der Waals surface area contributed by atoms with Gasteiger partial charge in [0, 0.05) is 45.4 Å². The summed E-state index contributed by atoms with van der Waals surface area (Å²) in [4.78, 5) is 17.0. The largest absolute Gasteiger partial charge is 0.392 e. The average molecular weight is 354 g/mol. The van der Waals surface area contributed by atoms with E-state index in [2.05, 4.69) is 4.90 Å². The number of piperazine rings is 1. The van der Waals surface area contributed by atoms with Crippen LogP contribution in [0.1, 0.15) is 15.9 Å². The van der Waals surface area contributed by atoms with Crippen LogP contribution in [0.5, 0.6) is 0 Å². The molecule has 0 spiro atoms. The van der Waals surface area contributed by atoms with Crippen molar-refractivity contribution in [3.05, 3.63) is 59.7 Å². The van der Waals surface area contributed by atoms with Crippen molar-refractivity contribution in [2.45, 2.75) is 6.61 Å². The summed E-state index contributed by atoms with van der Waals surface area (Å²) in [5.74, 6) is 0.0899. The molecule has 1 N–H and O–H groups in total. The Kier molecular flexibility index (Phi) is 6.39. The number of rotatable bonds is 6. The molecule has 5 nitrogen and oxygen atoms in total. The van der Waals surface area contributed by atoms with E-state index in [9.17, 15) is 9.90 Å². The van der Waals surface area contributed by atoms with Crippen molar-refractivity contribution < 1.29 is 14.6 Å². The van der Waals surface area contributed by atoms with Crippen molar-refractivity contribution in [2.75, 3.05) is 46.4 Å². The first kappa shape index (κ1) is 18.6. The van der Waals surface area contributed by atoms with Crippen molar-refractivity contribution in [3.63, 3.8) is 0 Å². The third kappa shape index (κ3) is 4.49. The minimum Gasteiger partial charge on any atom is -0.392 e. The maximum atomic E-state index is 12.7. The van der Waals surface area contributed by atoms with Crippen LogP contribution in [0.15, 0.2) is 48.5 Å². The van der Waals surface area contributed by atoms with E-state index in [1.165, 1.54) is 0 Å². The lowest BCUT2D eigenvalue weighted by molar-refractivity contribution is 0.0594. The van der Waals surface area contributed by atoms with Crippen molar-refractivity contribution in [1.29, 1.82) is 0 Å². The molecule has 1 heterocycles. The number of hydrogen-bond donors (Lipinski definition) is 1. The Labute approximate surface area is 154 Å². The molecule has 1 amide bonds. The second kappa shape index (κ2) is 8.94. The van der Waals surface area contributed by atoms with Gasteiger partial charge in [-0.2, -0.15) is 0 Å². The molecule has 0 radical (unpaired) electrons. The molecule has 2 aromatic carbocycles. The summed E-state index contributed by atoms with van der Waals surface area (Å²) in [5.41, 5.74) is 3.69. The number of carbonyl (C=O) groups is 1. The molecule has 1 saturated heterocycles. The first-order valence-corrected chi connectivity index (χ1v) is 9.02. The number of amides is 1. The molecule has 3 rings (SSSR count). The molecular formula is C21H26N2O3. The molecule has 138 valence electrons. The van der Waals surface area contributed by atoms with Gasteiger partial charge in [-0.05, 0) is 34.9 Å². The summed E-state index contributed by atoms with van der Waals surface area (Å²) in [5, 5.41) is 9.28. The molecule has 26 heavy (non-hydrogen) atoms. The summed E-state index contributed by atoms with van der Waals surface area (Å²) in [7, 11) is 1.71. The molecular weight excluding hydrogens is 328 g/mol. The number of methoxy groups -OCH3 is 1. The number of benzene rings is 2. The fourth-order valence-electron chi connectivity index (χ4n) is 3.23. The van der Waals surface area contributed by atoms with Gasteiger partial charge >= 0.3 is 0 Å². The lowest BCUT2D eigenvalue weighted by Gasteiger charge is -2.34. The van der Waals surface area contributed by atoms with Crippen LogP contribution in [0.3, 0.4) is 0 Å². The molecule has 1 aliphatic rings. The molecule has 2 aromatic rings. The summed E-state index contributed by atoms with van der Waals surface area (Å²) >= 11 is 0. The lowest BCUT2D eigenvalue weighted by atomic mass is 10.0. The van der Waals surface area contributed by atoms with Gasteiger partial charge in [0.25, 0.3) is 5.91 Å². The molecule has 1 fully saturated rings. The van der Waals surface area contributed by atoms with Crippen LogP contribution in [-0.4, -0.2) is 67.3 Å². The highest BCUT2D eigenvalue weighted by atomic mass is 16.5. The van der Waals surface area contributed by atoms with E-state index in [0.29, 0.717) is 0 Å². The zero-order valence-electron chi connectivity index (χ0n) is 15.2. The lowest BCUT2D eigenvalue weighted by Crippen LogP contribution is -2.49. The second-order valence-corrected chi connectivity index (χ2v) is 6.56. The van der Waals surface area contributed by atoms with Crippen LogP contribution < -0.4 is 0 Å². The Morgan fingerprint density at radius 2 is 1.77 bits per heavy atom. The number of carbonyl (C=O) groups excluding carboxylic acids is 1. The van der Waals surface area contributed by atoms with E-state index < -0.39 is 0 Å². The quantitative estimate of drug-likeness (QED) is 0.865. The Hall–Kier alpha value is -2.21. The number of hydrogen-bond acceptors (Lipinski definition) is 4. The predicted octanol–water partition coefficient (Wildman–Crippen LogP) is 2.25. The SMILES string of the molecule is COCCN1CCN(C(=O)c2ccc(-c3cccc(CO)c3)cc2)CC1. The van der Waals surface area contributed by atoms with Gasteiger partial charge in [-0.25, -0.2) is 0 Å². The fraction of sp³-hybridized carbons (Fsp3) is 0.381. The summed E-state index contributed by atoms with van der Waals surface area (Å²) < 4.78 is 5.11. The number of aliphatic hydroxyl groups excluding tert-OH is 1. The molecule has 0 bridgehead atoms. The van der Waals surface area contributed by atoms with E-state index in [1.807, 2.05) is 53.4 Å². The molecule has 0 aromatic heterocycles. The first-order chi connectivity index (χ1) is 12.7. The Morgan fingerprint density at radius 3 is 2.42 bits per heavy atom. The van der Waals surface area contributed by atoms with Crippen LogP contribution in [0.25, 0.3) is 11.1 Å². The summed E-state index contributed by atoms with van der Waals surface area (Å²) in [6.07, 6.45) is 0. The normalized spacial score (nSPS) is 15.2. The zero-order valence-corrected chi connectivity index (χ0v) is 15.2. The highest BCUT2D eigenvalue weighted by molar-refractivity contribution is 5.94. The monoisotopic (exact) mass is 354 g/mol. The van der Waals surface area contributed by atoms with Crippen LogP contribution in [0.2, 0.25) is 0 Å².